The van der Waals surface area contributed by atoms with E-state index in [4.69, 9.17) is 10.5 Å². The van der Waals surface area contributed by atoms with Gasteiger partial charge in [0, 0.05) is 37.8 Å². The van der Waals surface area contributed by atoms with Crippen LogP contribution in [0.2, 0.25) is 0 Å². The SMILES string of the molecule is COc1cc(C(=CC(=O)CC(=O)CC2CCC3C(CC4C5CCNCC5CC5C=CCNC54)(C2)CC(NCC(C)O)C32CCC(CNCCc3ccccc3)C2)CO)c(CC2=CNC(N)C=C2CCc2cccc(CCc3ccccc3)c2)cc1O. The lowest BCUT2D eigenvalue weighted by molar-refractivity contribution is -0.126. The van der Waals surface area contributed by atoms with E-state index in [1.165, 1.54) is 67.5 Å². The lowest BCUT2D eigenvalue weighted by atomic mass is 9.52. The van der Waals surface area contributed by atoms with Crippen LogP contribution in [0.25, 0.3) is 5.57 Å². The number of nitrogens with one attached hydrogen (secondary N) is 5. The molecule has 4 saturated carbocycles. The average molecular weight is 1170 g/mol. The maximum atomic E-state index is 14.6. The Bertz CT molecular complexity index is 3070. The van der Waals surface area contributed by atoms with Gasteiger partial charge in [-0.3, -0.25) is 9.59 Å². The summed E-state index contributed by atoms with van der Waals surface area (Å²) in [6.45, 7) is 7.09. The van der Waals surface area contributed by atoms with Crippen LogP contribution in [0.1, 0.15) is 124 Å². The van der Waals surface area contributed by atoms with Gasteiger partial charge in [0.1, 0.15) is 5.78 Å². The Labute approximate surface area is 512 Å². The van der Waals surface area contributed by atoms with Gasteiger partial charge in [-0.05, 0) is 262 Å². The largest absolute Gasteiger partial charge is 0.504 e. The number of nitrogens with two attached hydrogens (primary N) is 1. The summed E-state index contributed by atoms with van der Waals surface area (Å²) in [5.74, 6) is 3.40. The number of rotatable bonds is 26. The Kier molecular flexibility index (Phi) is 20.6. The van der Waals surface area contributed by atoms with E-state index < -0.39 is 12.7 Å². The first-order valence-corrected chi connectivity index (χ1v) is 32.9. The molecule has 12 nitrogen and oxygen atoms in total. The van der Waals surface area contributed by atoms with Crippen LogP contribution in [0.4, 0.5) is 0 Å². The van der Waals surface area contributed by atoms with Gasteiger partial charge in [-0.25, -0.2) is 0 Å². The number of Topliss-reactive ketones (excluding diaryl/α,β-unsaturated/α-hetero) is 1. The number of allylic oxidation sites excluding steroid dienone is 3. The number of carbonyl (C=O) groups is 2. The van der Waals surface area contributed by atoms with E-state index in [0.717, 1.165) is 108 Å². The van der Waals surface area contributed by atoms with Crippen LogP contribution in [-0.4, -0.2) is 104 Å². The molecule has 4 aromatic rings. The molecule has 0 aromatic heterocycles. The zero-order valence-corrected chi connectivity index (χ0v) is 51.3. The van der Waals surface area contributed by atoms with Crippen LogP contribution < -0.4 is 37.1 Å². The van der Waals surface area contributed by atoms with E-state index >= 15 is 0 Å². The average Bonchev–Trinajstić information content (AvgIpc) is 1.66. The summed E-state index contributed by atoms with van der Waals surface area (Å²) in [5, 5.41) is 52.2. The highest BCUT2D eigenvalue weighted by Gasteiger charge is 2.65. The Balaban J connectivity index is 0.800. The monoisotopic (exact) mass is 1170 g/mol. The number of aryl methyl sites for hydroxylation is 3. The van der Waals surface area contributed by atoms with Crippen molar-refractivity contribution >= 4 is 17.1 Å². The third kappa shape index (κ3) is 14.7. The topological polar surface area (TPSA) is 190 Å². The number of benzene rings is 4. The van der Waals surface area contributed by atoms with E-state index in [0.29, 0.717) is 77.6 Å². The van der Waals surface area contributed by atoms with Gasteiger partial charge in [-0.15, -0.1) is 0 Å². The molecule has 12 heteroatoms. The molecule has 460 valence electrons. The first-order valence-electron chi connectivity index (χ1n) is 32.9. The van der Waals surface area contributed by atoms with Crippen molar-refractivity contribution in [1.82, 2.24) is 26.6 Å². The molecule has 3 aliphatic heterocycles. The smallest absolute Gasteiger partial charge is 0.163 e. The summed E-state index contributed by atoms with van der Waals surface area (Å²) in [7, 11) is 1.49. The molecule has 7 aliphatic rings. The number of phenolic OH excluding ortho intramolecular Hbond substituents is 1. The molecule has 0 radical (unpaired) electrons. The van der Waals surface area contributed by atoms with Crippen molar-refractivity contribution in [3.05, 3.63) is 172 Å². The first-order chi connectivity index (χ1) is 41.9. The Morgan fingerprint density at radius 3 is 2.38 bits per heavy atom. The minimum atomic E-state index is -0.447. The fourth-order valence-corrected chi connectivity index (χ4v) is 18.0. The van der Waals surface area contributed by atoms with Crippen LogP contribution in [-0.2, 0) is 41.7 Å². The maximum Gasteiger partial charge on any atom is 0.163 e. The number of phenols is 1. The highest BCUT2D eigenvalue weighted by atomic mass is 16.5. The van der Waals surface area contributed by atoms with Crippen LogP contribution >= 0.6 is 0 Å². The first kappa shape index (κ1) is 61.9. The van der Waals surface area contributed by atoms with Crippen molar-refractivity contribution < 1.29 is 29.6 Å². The van der Waals surface area contributed by atoms with Crippen molar-refractivity contribution in [2.75, 3.05) is 53.0 Å². The molecule has 4 aliphatic carbocycles. The molecule has 86 heavy (non-hydrogen) atoms. The molecule has 0 bridgehead atoms. The Morgan fingerprint density at radius 1 is 0.860 bits per heavy atom. The number of aromatic hydroxyl groups is 1. The quantitative estimate of drug-likeness (QED) is 0.0125. The summed E-state index contributed by atoms with van der Waals surface area (Å²) < 4.78 is 5.61. The minimum Gasteiger partial charge on any atom is -0.504 e. The van der Waals surface area contributed by atoms with Crippen LogP contribution in [0.3, 0.4) is 0 Å². The van der Waals surface area contributed by atoms with Gasteiger partial charge < -0.3 is 52.4 Å². The van der Waals surface area contributed by atoms with E-state index in [9.17, 15) is 24.9 Å². The zero-order valence-electron chi connectivity index (χ0n) is 51.3. The maximum absolute atomic E-state index is 14.6. The highest BCUT2D eigenvalue weighted by molar-refractivity contribution is 6.07. The highest BCUT2D eigenvalue weighted by Crippen LogP contribution is 2.70. The van der Waals surface area contributed by atoms with Crippen LogP contribution in [0, 0.1) is 52.3 Å². The predicted molar refractivity (Wildman–Crippen MR) is 344 cm³/mol. The molecule has 4 aromatic carbocycles. The number of hydrogen-bond acceptors (Lipinski definition) is 12. The summed E-state index contributed by atoms with van der Waals surface area (Å²) in [5.41, 5.74) is 15.6. The Morgan fingerprint density at radius 2 is 1.62 bits per heavy atom. The third-order valence-corrected chi connectivity index (χ3v) is 21.7. The van der Waals surface area contributed by atoms with Gasteiger partial charge in [0.2, 0.25) is 0 Å². The number of aliphatic hydroxyl groups is 2. The van der Waals surface area contributed by atoms with Crippen molar-refractivity contribution in [2.45, 2.75) is 147 Å². The van der Waals surface area contributed by atoms with E-state index in [2.05, 4.69) is 130 Å². The van der Waals surface area contributed by atoms with Crippen LogP contribution in [0.5, 0.6) is 11.5 Å². The fraction of sp³-hybridized carbons (Fsp3) is 0.541. The van der Waals surface area contributed by atoms with Crippen molar-refractivity contribution in [3.63, 3.8) is 0 Å². The predicted octanol–water partition coefficient (Wildman–Crippen LogP) is 9.90. The number of piperidine rings is 1. The van der Waals surface area contributed by atoms with Gasteiger partial charge in [0.15, 0.2) is 17.3 Å². The van der Waals surface area contributed by atoms with E-state index in [1.54, 1.807) is 12.1 Å². The standard InChI is InChI=1S/C74H98N6O6/c1-49(82)44-79-70-43-73(42-66-64-26-30-77-46-60(64)33-57-17-10-28-78-72(57)66)40-54(21-23-69(73)74(70)27-24-55(41-74)45-76-29-25-51-13-7-4-8-14-51)32-62(83)38-63(84)35-61(48-81)65-39-68(86-2)67(85)36-58(65)34-59-47-80-71(75)37-56(59)22-20-53-16-9-15-52(31-53)19-18-50-11-5-3-6-12-50/h3-17,31,35-37,39,47,49,54-55,57,60,64,66,69-72,76-82,85H,18-30,32-34,38,40-46,48,75H2,1-2H3. The number of aliphatic hydroxyl groups excluding tert-OH is 2. The van der Waals surface area contributed by atoms with Crippen molar-refractivity contribution in [1.29, 1.82) is 0 Å². The van der Waals surface area contributed by atoms with E-state index in [1.807, 2.05) is 13.1 Å². The number of fused-ring (bicyclic) bond motifs is 4. The van der Waals surface area contributed by atoms with Gasteiger partial charge in [0.05, 0.1) is 32.4 Å². The second-order valence-corrected chi connectivity index (χ2v) is 27.3. The zero-order chi connectivity index (χ0) is 59.6. The van der Waals surface area contributed by atoms with Gasteiger partial charge in [0.25, 0.3) is 0 Å². The number of ketones is 2. The minimum absolute atomic E-state index is 0.0133. The lowest BCUT2D eigenvalue weighted by Gasteiger charge is -2.55. The summed E-state index contributed by atoms with van der Waals surface area (Å²) in [4.78, 5) is 28.9. The van der Waals surface area contributed by atoms with Gasteiger partial charge >= 0.3 is 0 Å². The molecule has 11 rings (SSSR count). The van der Waals surface area contributed by atoms with Crippen molar-refractivity contribution in [3.8, 4) is 11.5 Å². The second-order valence-electron chi connectivity index (χ2n) is 27.3. The number of hydrogen-bond donors (Lipinski definition) is 9. The number of methoxy groups -OCH3 is 1. The lowest BCUT2D eigenvalue weighted by Crippen LogP contribution is -2.57. The van der Waals surface area contributed by atoms with Gasteiger partial charge in [-0.1, -0.05) is 97.1 Å². The molecule has 3 heterocycles. The second kappa shape index (κ2) is 28.6. The van der Waals surface area contributed by atoms with E-state index in [-0.39, 0.29) is 58.4 Å². The Hall–Kier alpha value is -5.70. The summed E-state index contributed by atoms with van der Waals surface area (Å²) >= 11 is 0. The normalized spacial score (nSPS) is 29.9. The molecular formula is C74H98N6O6. The molecule has 13 unspecified atom stereocenters. The number of ether oxygens (including phenoxy) is 1. The molecule has 13 atom stereocenters. The van der Waals surface area contributed by atoms with Gasteiger partial charge in [-0.2, -0.15) is 0 Å². The van der Waals surface area contributed by atoms with Crippen LogP contribution in [0.15, 0.2) is 139 Å². The summed E-state index contributed by atoms with van der Waals surface area (Å²) in [6.07, 6.45) is 25.8. The molecule has 0 amide bonds. The molecule has 10 N–H and O–H groups in total. The molecule has 5 fully saturated rings. The number of carbonyl (C=O) groups excluding carboxylic acids is 2. The number of dihydropyridines is 1. The molecule has 1 spiro atoms. The summed E-state index contributed by atoms with van der Waals surface area (Å²) in [6, 6.07) is 34.2. The molecule has 1 saturated heterocycles. The molecular weight excluding hydrogens is 1070 g/mol. The van der Waals surface area contributed by atoms with Crippen molar-refractivity contribution in [2.24, 2.45) is 58.0 Å². The fourth-order valence-electron chi connectivity index (χ4n) is 18.0. The third-order valence-electron chi connectivity index (χ3n) is 21.7.